The first-order chi connectivity index (χ1) is 25.2. The molecule has 53 heavy (non-hydrogen) atoms. The molecule has 2 heterocycles. The molecule has 16 nitrogen and oxygen atoms in total. The Kier molecular flexibility index (Phi) is 17.5. The number of amides is 2. The fraction of sp³-hybridized carbons (Fsp3) is 0.276. The fourth-order valence-corrected chi connectivity index (χ4v) is 8.52. The van der Waals surface area contributed by atoms with E-state index >= 15 is 0 Å². The van der Waals surface area contributed by atoms with Gasteiger partial charge in [0.1, 0.15) is 19.8 Å². The smallest absolute Gasteiger partial charge is 0.314 e. The summed E-state index contributed by atoms with van der Waals surface area (Å²) in [7, 11) is -5.39. The molecule has 0 saturated carbocycles. The summed E-state index contributed by atoms with van der Waals surface area (Å²) in [6.07, 6.45) is 2.77. The van der Waals surface area contributed by atoms with Crippen molar-refractivity contribution in [3.8, 4) is 11.8 Å². The van der Waals surface area contributed by atoms with Gasteiger partial charge in [0.2, 0.25) is 11.6 Å². The second kappa shape index (κ2) is 21.0. The van der Waals surface area contributed by atoms with Crippen molar-refractivity contribution >= 4 is 108 Å². The lowest BCUT2D eigenvalue weighted by molar-refractivity contribution is 0.242. The largest absolute Gasteiger partial charge is 0.478 e. The van der Waals surface area contributed by atoms with Gasteiger partial charge in [-0.25, -0.2) is 41.6 Å². The number of methoxy groups -OCH3 is 2. The third-order valence-corrected chi connectivity index (χ3v) is 12.4. The second-order valence-corrected chi connectivity index (χ2v) is 16.8. The van der Waals surface area contributed by atoms with Crippen molar-refractivity contribution in [1.82, 2.24) is 30.6 Å². The molecule has 0 fully saturated rings. The summed E-state index contributed by atoms with van der Waals surface area (Å²) in [4.78, 5) is 27.4. The number of thioether (sulfide) groups is 2. The molecule has 0 spiro atoms. The van der Waals surface area contributed by atoms with Gasteiger partial charge in [0.25, 0.3) is 31.8 Å². The molecule has 0 atom stereocenters. The summed E-state index contributed by atoms with van der Waals surface area (Å²) >= 11 is 26.3. The summed E-state index contributed by atoms with van der Waals surface area (Å²) in [5.74, 6) is 0.794. The highest BCUT2D eigenvalue weighted by atomic mass is 35.5. The van der Waals surface area contributed by atoms with E-state index in [2.05, 4.69) is 40.0 Å². The maximum absolute atomic E-state index is 12.6. The highest BCUT2D eigenvalue weighted by Gasteiger charge is 2.24. The van der Waals surface area contributed by atoms with Crippen LogP contribution in [0.25, 0.3) is 0 Å². The van der Waals surface area contributed by atoms with Crippen molar-refractivity contribution < 1.29 is 36.2 Å². The van der Waals surface area contributed by atoms with E-state index in [0.717, 1.165) is 0 Å². The zero-order chi connectivity index (χ0) is 39.2. The molecule has 24 heteroatoms. The molecule has 2 aromatic carbocycles. The SMILES string of the molecule is CCNC(=O)NCCSc1cnc(NS(=O)(=O)c2cccc(Cl)c2Cl)c(OC)n1.COc1nc(SCCO)cnc1NS(=O)(=O)c1cccc(Cl)c1Cl. The van der Waals surface area contributed by atoms with E-state index < -0.39 is 20.0 Å². The second-order valence-electron chi connectivity index (χ2n) is 9.65. The predicted octanol–water partition coefficient (Wildman–Crippen LogP) is 5.68. The van der Waals surface area contributed by atoms with Gasteiger partial charge >= 0.3 is 6.03 Å². The van der Waals surface area contributed by atoms with E-state index in [1.807, 2.05) is 6.92 Å². The van der Waals surface area contributed by atoms with Gasteiger partial charge in [-0.1, -0.05) is 58.5 Å². The molecule has 2 amide bonds. The Balaban J connectivity index is 0.000000290. The molecule has 0 saturated heterocycles. The maximum atomic E-state index is 12.6. The number of benzene rings is 2. The minimum atomic E-state index is -4.06. The number of ether oxygens (including phenoxy) is 2. The lowest BCUT2D eigenvalue weighted by Crippen LogP contribution is -2.36. The summed E-state index contributed by atoms with van der Waals surface area (Å²) in [5, 5.41) is 15.2. The van der Waals surface area contributed by atoms with Crippen molar-refractivity contribution in [3.05, 3.63) is 68.9 Å². The number of nitrogens with zero attached hydrogens (tertiary/aromatic N) is 4. The summed E-state index contributed by atoms with van der Waals surface area (Å²) in [6, 6.07) is 8.30. The van der Waals surface area contributed by atoms with E-state index in [-0.39, 0.29) is 65.9 Å². The maximum Gasteiger partial charge on any atom is 0.314 e. The van der Waals surface area contributed by atoms with E-state index in [1.165, 1.54) is 86.5 Å². The normalized spacial score (nSPS) is 11.2. The summed E-state index contributed by atoms with van der Waals surface area (Å²) in [5.41, 5.74) is 0. The van der Waals surface area contributed by atoms with Crippen molar-refractivity contribution in [3.63, 3.8) is 0 Å². The van der Waals surface area contributed by atoms with E-state index in [9.17, 15) is 21.6 Å². The Morgan fingerprint density at radius 2 is 1.21 bits per heavy atom. The first kappa shape index (κ1) is 44.2. The molecule has 0 aliphatic rings. The van der Waals surface area contributed by atoms with Crippen molar-refractivity contribution in [2.24, 2.45) is 0 Å². The summed E-state index contributed by atoms with van der Waals surface area (Å²) < 4.78 is 65.0. The molecule has 4 rings (SSSR count). The molecule has 0 radical (unpaired) electrons. The molecule has 0 aliphatic heterocycles. The Morgan fingerprint density at radius 1 is 0.755 bits per heavy atom. The van der Waals surface area contributed by atoms with E-state index in [4.69, 9.17) is 61.0 Å². The Bertz CT molecular complexity index is 2110. The van der Waals surface area contributed by atoms with Crippen LogP contribution in [-0.2, 0) is 20.0 Å². The lowest BCUT2D eigenvalue weighted by atomic mass is 10.4. The number of hydrogen-bond donors (Lipinski definition) is 5. The third-order valence-electron chi connectivity index (χ3n) is 6.01. The van der Waals surface area contributed by atoms with Crippen LogP contribution in [0, 0.1) is 0 Å². The van der Waals surface area contributed by atoms with E-state index in [1.54, 1.807) is 0 Å². The van der Waals surface area contributed by atoms with Crippen LogP contribution in [0.4, 0.5) is 16.4 Å². The molecule has 288 valence electrons. The molecule has 0 aliphatic carbocycles. The van der Waals surface area contributed by atoms with Gasteiger partial charge in [-0.05, 0) is 31.2 Å². The average Bonchev–Trinajstić information content (AvgIpc) is 3.12. The number of anilines is 2. The first-order valence-electron chi connectivity index (χ1n) is 14.8. The lowest BCUT2D eigenvalue weighted by Gasteiger charge is -2.12. The van der Waals surface area contributed by atoms with Gasteiger partial charge < -0.3 is 25.2 Å². The number of carbonyl (C=O) groups is 1. The zero-order valence-corrected chi connectivity index (χ0v) is 34.2. The Morgan fingerprint density at radius 3 is 1.62 bits per heavy atom. The first-order valence-corrected chi connectivity index (χ1v) is 21.3. The number of urea groups is 1. The van der Waals surface area contributed by atoms with Crippen LogP contribution < -0.4 is 29.6 Å². The number of sulfonamides is 2. The van der Waals surface area contributed by atoms with Gasteiger partial charge in [0.15, 0.2) is 0 Å². The third kappa shape index (κ3) is 13.0. The number of nitrogens with one attached hydrogen (secondary N) is 4. The van der Waals surface area contributed by atoms with Gasteiger partial charge in [0, 0.05) is 24.6 Å². The van der Waals surface area contributed by atoms with Gasteiger partial charge in [-0.3, -0.25) is 9.44 Å². The number of rotatable bonds is 16. The number of aliphatic hydroxyl groups is 1. The van der Waals surface area contributed by atoms with Crippen LogP contribution in [0.1, 0.15) is 6.92 Å². The van der Waals surface area contributed by atoms with Crippen LogP contribution in [0.15, 0.2) is 68.6 Å². The van der Waals surface area contributed by atoms with Crippen LogP contribution in [0.5, 0.6) is 11.8 Å². The number of aliphatic hydroxyl groups excluding tert-OH is 1. The minimum absolute atomic E-state index is 0.000310. The van der Waals surface area contributed by atoms with Crippen LogP contribution in [0.2, 0.25) is 20.1 Å². The summed E-state index contributed by atoms with van der Waals surface area (Å²) in [6.45, 7) is 2.77. The predicted molar refractivity (Wildman–Crippen MR) is 207 cm³/mol. The highest BCUT2D eigenvalue weighted by molar-refractivity contribution is 7.99. The minimum Gasteiger partial charge on any atom is -0.478 e. The Hall–Kier alpha value is -3.21. The molecule has 4 aromatic rings. The fourth-order valence-electron chi connectivity index (χ4n) is 3.72. The number of halogens is 4. The quantitative estimate of drug-likeness (QED) is 0.0675. The van der Waals surface area contributed by atoms with Crippen molar-refractivity contribution in [1.29, 1.82) is 0 Å². The molecule has 0 bridgehead atoms. The average molecular weight is 891 g/mol. The van der Waals surface area contributed by atoms with Crippen LogP contribution in [0.3, 0.4) is 0 Å². The monoisotopic (exact) mass is 888 g/mol. The molecule has 5 N–H and O–H groups in total. The van der Waals surface area contributed by atoms with Crippen LogP contribution in [-0.4, -0.2) is 93.3 Å². The van der Waals surface area contributed by atoms with Gasteiger partial charge in [-0.2, -0.15) is 0 Å². The Labute approximate surface area is 334 Å². The number of carbonyl (C=O) groups excluding carboxylic acids is 1. The zero-order valence-electron chi connectivity index (χ0n) is 27.9. The number of aromatic nitrogens is 4. The van der Waals surface area contributed by atoms with Gasteiger partial charge in [0.05, 0.1) is 53.3 Å². The van der Waals surface area contributed by atoms with E-state index in [0.29, 0.717) is 34.6 Å². The molecular weight excluding hydrogens is 858 g/mol. The molecular formula is C29H32Cl4N8O8S4. The molecule has 0 unspecified atom stereocenters. The number of hydrogen-bond acceptors (Lipinski definition) is 14. The van der Waals surface area contributed by atoms with Crippen molar-refractivity contribution in [2.45, 2.75) is 26.8 Å². The highest BCUT2D eigenvalue weighted by Crippen LogP contribution is 2.33. The van der Waals surface area contributed by atoms with Crippen molar-refractivity contribution in [2.75, 3.05) is 54.9 Å². The standard InChI is InChI=1S/C16H19Cl2N5O4S2.C13H13Cl2N3O4S2/c1-3-19-16(24)20-7-8-28-12-9-21-14(15(22-12)27-2)23-29(25,26)11-6-4-5-10(17)13(11)18;1-22-13-12(16-7-10(17-13)23-6-5-19)18-24(20,21)9-4-2-3-8(14)11(9)15/h4-6,9H,3,7-8H2,1-2H3,(H,21,23)(H2,19,20,24);2-4,7,19H,5-6H2,1H3,(H,16,18). The van der Waals surface area contributed by atoms with Crippen LogP contribution >= 0.6 is 69.9 Å². The van der Waals surface area contributed by atoms with Gasteiger partial charge in [-0.15, -0.1) is 23.5 Å². The topological polar surface area (TPSA) is 224 Å². The molecule has 2 aromatic heterocycles.